The molecule has 1 heteroatoms. The fraction of sp³-hybridized carbons (Fsp3) is 0.647. The minimum absolute atomic E-state index is 0.945. The minimum Gasteiger partial charge on any atom is -0.386 e. The zero-order valence-corrected chi connectivity index (χ0v) is 12.4. The molecule has 102 valence electrons. The van der Waals surface area contributed by atoms with Gasteiger partial charge in [0.15, 0.2) is 0 Å². The maximum atomic E-state index is 4.08. The Morgan fingerprint density at radius 3 is 2.50 bits per heavy atom. The van der Waals surface area contributed by atoms with Gasteiger partial charge in [-0.2, -0.15) is 0 Å². The Morgan fingerprint density at radius 2 is 2.00 bits per heavy atom. The lowest BCUT2D eigenvalue weighted by Crippen LogP contribution is -2.12. The van der Waals surface area contributed by atoms with Crippen LogP contribution in [0.15, 0.2) is 35.6 Å². The molecule has 0 unspecified atom stereocenters. The molecule has 1 fully saturated rings. The Bertz CT molecular complexity index is 319. The second-order valence-electron chi connectivity index (χ2n) is 5.40. The highest BCUT2D eigenvalue weighted by Crippen LogP contribution is 2.31. The van der Waals surface area contributed by atoms with Gasteiger partial charge in [-0.25, -0.2) is 0 Å². The lowest BCUT2D eigenvalue weighted by atomic mass is 9.81. The smallest absolute Gasteiger partial charge is 0.0299 e. The summed E-state index contributed by atoms with van der Waals surface area (Å²) in [6, 6.07) is 0. The van der Waals surface area contributed by atoms with Crippen molar-refractivity contribution in [3.63, 3.8) is 0 Å². The summed E-state index contributed by atoms with van der Waals surface area (Å²) < 4.78 is 0. The fourth-order valence-corrected chi connectivity index (χ4v) is 2.30. The summed E-state index contributed by atoms with van der Waals surface area (Å²) in [5.41, 5.74) is 3.89. The molecular formula is C17H29N. The minimum atomic E-state index is 0.945. The number of hydrogen-bond donors (Lipinski definition) is 1. The van der Waals surface area contributed by atoms with Crippen molar-refractivity contribution in [3.05, 3.63) is 35.6 Å². The molecule has 1 rings (SSSR count). The van der Waals surface area contributed by atoms with Crippen molar-refractivity contribution in [1.82, 2.24) is 5.32 Å². The van der Waals surface area contributed by atoms with Gasteiger partial charge in [0.1, 0.15) is 0 Å². The molecule has 0 spiro atoms. The van der Waals surface area contributed by atoms with E-state index in [-0.39, 0.29) is 0 Å². The molecule has 0 aromatic rings. The summed E-state index contributed by atoms with van der Waals surface area (Å²) in [6.07, 6.45) is 12.6. The van der Waals surface area contributed by atoms with Crippen LogP contribution in [0.2, 0.25) is 0 Å². The van der Waals surface area contributed by atoms with E-state index in [0.29, 0.717) is 0 Å². The lowest BCUT2D eigenvalue weighted by molar-refractivity contribution is 0.296. The average molecular weight is 247 g/mol. The van der Waals surface area contributed by atoms with Gasteiger partial charge >= 0.3 is 0 Å². The molecule has 1 aliphatic carbocycles. The Balaban J connectivity index is 2.42. The van der Waals surface area contributed by atoms with Crippen LogP contribution >= 0.6 is 0 Å². The van der Waals surface area contributed by atoms with Crippen molar-refractivity contribution in [3.8, 4) is 0 Å². The first-order valence-electron chi connectivity index (χ1n) is 7.46. The predicted molar refractivity (Wildman–Crippen MR) is 81.5 cm³/mol. The van der Waals surface area contributed by atoms with Crippen LogP contribution < -0.4 is 5.32 Å². The molecule has 0 aromatic carbocycles. The summed E-state index contributed by atoms with van der Waals surface area (Å²) in [5, 5.41) is 3.30. The Morgan fingerprint density at radius 1 is 1.28 bits per heavy atom. The molecule has 0 aromatic heterocycles. The first-order chi connectivity index (χ1) is 8.67. The number of hydrogen-bond acceptors (Lipinski definition) is 1. The highest BCUT2D eigenvalue weighted by Gasteiger charge is 2.16. The van der Waals surface area contributed by atoms with Crippen molar-refractivity contribution in [2.24, 2.45) is 5.92 Å². The zero-order valence-electron chi connectivity index (χ0n) is 12.4. The largest absolute Gasteiger partial charge is 0.386 e. The molecule has 0 amide bonds. The summed E-state index contributed by atoms with van der Waals surface area (Å²) >= 11 is 0. The van der Waals surface area contributed by atoms with Crippen LogP contribution in [0.1, 0.15) is 59.3 Å². The summed E-state index contributed by atoms with van der Waals surface area (Å²) in [5.74, 6) is 1.01. The maximum absolute atomic E-state index is 4.08. The number of nitrogens with one attached hydrogen (secondary N) is 1. The molecule has 18 heavy (non-hydrogen) atoms. The zero-order chi connectivity index (χ0) is 13.4. The summed E-state index contributed by atoms with van der Waals surface area (Å²) in [4.78, 5) is 0. The van der Waals surface area contributed by atoms with Crippen LogP contribution in [0.4, 0.5) is 0 Å². The van der Waals surface area contributed by atoms with E-state index in [2.05, 4.69) is 44.8 Å². The normalized spacial score (nSPS) is 17.5. The van der Waals surface area contributed by atoms with Gasteiger partial charge in [0.25, 0.3) is 0 Å². The van der Waals surface area contributed by atoms with E-state index < -0.39 is 0 Å². The third-order valence-corrected chi connectivity index (χ3v) is 3.90. The summed E-state index contributed by atoms with van der Waals surface area (Å²) in [7, 11) is 0. The highest BCUT2D eigenvalue weighted by molar-refractivity contribution is 5.31. The maximum Gasteiger partial charge on any atom is 0.0299 e. The number of likely N-dealkylation sites (N-methyl/N-ethyl adjacent to an activating group) is 1. The van der Waals surface area contributed by atoms with Gasteiger partial charge in [-0.3, -0.25) is 0 Å². The van der Waals surface area contributed by atoms with E-state index in [1.807, 2.05) is 0 Å². The van der Waals surface area contributed by atoms with Crippen LogP contribution in [-0.2, 0) is 0 Å². The van der Waals surface area contributed by atoms with Gasteiger partial charge in [-0.05, 0) is 44.6 Å². The molecular weight excluding hydrogens is 218 g/mol. The number of rotatable bonds is 8. The van der Waals surface area contributed by atoms with Crippen molar-refractivity contribution < 1.29 is 0 Å². The third-order valence-electron chi connectivity index (χ3n) is 3.90. The topological polar surface area (TPSA) is 12.0 Å². The van der Waals surface area contributed by atoms with Gasteiger partial charge in [0.2, 0.25) is 0 Å². The predicted octanol–water partition coefficient (Wildman–Crippen LogP) is 4.97. The van der Waals surface area contributed by atoms with E-state index in [4.69, 9.17) is 0 Å². The van der Waals surface area contributed by atoms with Crippen LogP contribution in [0, 0.1) is 5.92 Å². The molecule has 1 N–H and O–H groups in total. The highest BCUT2D eigenvalue weighted by atomic mass is 14.9. The van der Waals surface area contributed by atoms with Crippen LogP contribution in [-0.4, -0.2) is 6.54 Å². The second-order valence-corrected chi connectivity index (χ2v) is 5.40. The molecule has 1 aliphatic rings. The molecule has 0 bridgehead atoms. The molecule has 0 radical (unpaired) electrons. The van der Waals surface area contributed by atoms with Crippen molar-refractivity contribution in [2.45, 2.75) is 59.3 Å². The van der Waals surface area contributed by atoms with Crippen LogP contribution in [0.5, 0.6) is 0 Å². The Kier molecular flexibility index (Phi) is 6.85. The van der Waals surface area contributed by atoms with Crippen molar-refractivity contribution in [2.75, 3.05) is 6.54 Å². The van der Waals surface area contributed by atoms with Gasteiger partial charge in [0, 0.05) is 12.2 Å². The van der Waals surface area contributed by atoms with Gasteiger partial charge in [0.05, 0.1) is 0 Å². The Labute approximate surface area is 113 Å². The van der Waals surface area contributed by atoms with E-state index in [0.717, 1.165) is 24.6 Å². The third kappa shape index (κ3) is 5.12. The molecule has 0 heterocycles. The first kappa shape index (κ1) is 15.1. The van der Waals surface area contributed by atoms with E-state index >= 15 is 0 Å². The standard InChI is InChI=1S/C17H29N/c1-5-17(15(4)18-6-2)13-11-14(3)10-12-16-8-7-9-16/h11,13,16,18H,4-10,12H2,1-3H3/b14-11+,17-13-. The molecule has 0 aliphatic heterocycles. The molecule has 0 atom stereocenters. The monoisotopic (exact) mass is 247 g/mol. The lowest BCUT2D eigenvalue weighted by Gasteiger charge is -2.25. The van der Waals surface area contributed by atoms with E-state index in [9.17, 15) is 0 Å². The average Bonchev–Trinajstić information content (AvgIpc) is 2.28. The number of allylic oxidation sites excluding steroid dienone is 4. The van der Waals surface area contributed by atoms with E-state index in [1.165, 1.54) is 43.3 Å². The van der Waals surface area contributed by atoms with Gasteiger partial charge in [-0.15, -0.1) is 0 Å². The summed E-state index contributed by atoms with van der Waals surface area (Å²) in [6.45, 7) is 11.6. The van der Waals surface area contributed by atoms with Crippen LogP contribution in [0.25, 0.3) is 0 Å². The van der Waals surface area contributed by atoms with E-state index in [1.54, 1.807) is 0 Å². The van der Waals surface area contributed by atoms with Crippen molar-refractivity contribution >= 4 is 0 Å². The fourth-order valence-electron chi connectivity index (χ4n) is 2.30. The second kappa shape index (κ2) is 8.18. The van der Waals surface area contributed by atoms with Crippen molar-refractivity contribution in [1.29, 1.82) is 0 Å². The van der Waals surface area contributed by atoms with Gasteiger partial charge < -0.3 is 5.32 Å². The molecule has 1 nitrogen and oxygen atoms in total. The molecule has 0 saturated heterocycles. The van der Waals surface area contributed by atoms with Crippen LogP contribution in [0.3, 0.4) is 0 Å². The first-order valence-corrected chi connectivity index (χ1v) is 7.46. The van der Waals surface area contributed by atoms with Gasteiger partial charge in [-0.1, -0.05) is 50.5 Å². The molecule has 1 saturated carbocycles. The quantitative estimate of drug-likeness (QED) is 0.597. The Hall–Kier alpha value is -0.980. The SMILES string of the molecule is C=C(NCC)/C(=C\C=C(/C)CCC1CCC1)CC.